The first-order valence-electron chi connectivity index (χ1n) is 5.97. The van der Waals surface area contributed by atoms with E-state index in [-0.39, 0.29) is 4.83 Å². The van der Waals surface area contributed by atoms with Crippen LogP contribution in [-0.4, -0.2) is 0 Å². The van der Waals surface area contributed by atoms with E-state index in [9.17, 15) is 0 Å². The minimum absolute atomic E-state index is 0.144. The van der Waals surface area contributed by atoms with E-state index in [1.807, 2.05) is 19.1 Å². The van der Waals surface area contributed by atoms with Crippen LogP contribution in [0.1, 0.15) is 32.6 Å². The fraction of sp³-hybridized carbons (Fsp3) is 0.250. The molecule has 0 heterocycles. The van der Waals surface area contributed by atoms with Crippen LogP contribution in [0, 0.1) is 20.8 Å². The molecule has 0 saturated carbocycles. The molecule has 18 heavy (non-hydrogen) atoms. The van der Waals surface area contributed by atoms with Crippen molar-refractivity contribution in [3.63, 3.8) is 0 Å². The van der Waals surface area contributed by atoms with Gasteiger partial charge in [0.1, 0.15) is 0 Å². The lowest BCUT2D eigenvalue weighted by Crippen LogP contribution is -1.98. The van der Waals surface area contributed by atoms with Crippen molar-refractivity contribution in [3.8, 4) is 0 Å². The molecule has 2 rings (SSSR count). The first-order chi connectivity index (χ1) is 8.50. The SMILES string of the molecule is Cc1ccc(C(Br)c2cccc(C)c2Cl)c(C)c1. The van der Waals surface area contributed by atoms with Crippen LogP contribution in [0.3, 0.4) is 0 Å². The molecule has 2 heteroatoms. The summed E-state index contributed by atoms with van der Waals surface area (Å²) < 4.78 is 0. The Labute approximate surface area is 122 Å². The molecule has 1 atom stereocenters. The summed E-state index contributed by atoms with van der Waals surface area (Å²) in [6.45, 7) is 6.29. The van der Waals surface area contributed by atoms with E-state index in [1.54, 1.807) is 0 Å². The Morgan fingerprint density at radius 3 is 2.33 bits per heavy atom. The Balaban J connectivity index is 2.48. The number of hydrogen-bond acceptors (Lipinski definition) is 0. The maximum Gasteiger partial charge on any atom is 0.0661 e. The van der Waals surface area contributed by atoms with Gasteiger partial charge in [0.2, 0.25) is 0 Å². The summed E-state index contributed by atoms with van der Waals surface area (Å²) >= 11 is 10.2. The Kier molecular flexibility index (Phi) is 4.14. The van der Waals surface area contributed by atoms with Gasteiger partial charge in [-0.25, -0.2) is 0 Å². The van der Waals surface area contributed by atoms with Gasteiger partial charge in [-0.15, -0.1) is 0 Å². The van der Waals surface area contributed by atoms with E-state index < -0.39 is 0 Å². The molecule has 0 aliphatic carbocycles. The molecule has 0 radical (unpaired) electrons. The van der Waals surface area contributed by atoms with Gasteiger partial charge in [0.25, 0.3) is 0 Å². The lowest BCUT2D eigenvalue weighted by molar-refractivity contribution is 1.13. The first kappa shape index (κ1) is 13.6. The fourth-order valence-electron chi connectivity index (χ4n) is 2.14. The van der Waals surface area contributed by atoms with E-state index in [0.717, 1.165) is 16.1 Å². The fourth-order valence-corrected chi connectivity index (χ4v) is 3.41. The van der Waals surface area contributed by atoms with Crippen molar-refractivity contribution in [1.82, 2.24) is 0 Å². The van der Waals surface area contributed by atoms with Crippen molar-refractivity contribution in [2.45, 2.75) is 25.6 Å². The van der Waals surface area contributed by atoms with Gasteiger partial charge in [-0.05, 0) is 43.0 Å². The maximum atomic E-state index is 6.39. The summed E-state index contributed by atoms with van der Waals surface area (Å²) in [6.07, 6.45) is 0. The van der Waals surface area contributed by atoms with Crippen LogP contribution >= 0.6 is 27.5 Å². The minimum atomic E-state index is 0.144. The van der Waals surface area contributed by atoms with E-state index >= 15 is 0 Å². The average Bonchev–Trinajstić information content (AvgIpc) is 2.32. The average molecular weight is 324 g/mol. The van der Waals surface area contributed by atoms with Gasteiger partial charge < -0.3 is 0 Å². The summed E-state index contributed by atoms with van der Waals surface area (Å²) in [7, 11) is 0. The standard InChI is InChI=1S/C16H16BrCl/c1-10-7-8-13(12(3)9-10)15(17)14-6-4-5-11(2)16(14)18/h4-9,15H,1-3H3. The molecule has 0 N–H and O–H groups in total. The van der Waals surface area contributed by atoms with Crippen LogP contribution in [-0.2, 0) is 0 Å². The third-order valence-corrected chi connectivity index (χ3v) is 4.70. The molecule has 0 saturated heterocycles. The van der Waals surface area contributed by atoms with Gasteiger partial charge in [-0.3, -0.25) is 0 Å². The molecule has 2 aromatic rings. The Hall–Kier alpha value is -0.790. The molecule has 0 aliphatic heterocycles. The van der Waals surface area contributed by atoms with Gasteiger partial charge in [0.05, 0.1) is 4.83 Å². The predicted octanol–water partition coefficient (Wildman–Crippen LogP) is 5.75. The molecule has 1 unspecified atom stereocenters. The highest BCUT2D eigenvalue weighted by Gasteiger charge is 2.16. The normalized spacial score (nSPS) is 12.5. The van der Waals surface area contributed by atoms with E-state index in [0.29, 0.717) is 0 Å². The predicted molar refractivity (Wildman–Crippen MR) is 82.9 cm³/mol. The second-order valence-corrected chi connectivity index (χ2v) is 5.99. The molecule has 0 bridgehead atoms. The molecule has 2 aromatic carbocycles. The number of aryl methyl sites for hydroxylation is 3. The molecule has 0 aromatic heterocycles. The molecule has 0 nitrogen and oxygen atoms in total. The van der Waals surface area contributed by atoms with Gasteiger partial charge in [-0.1, -0.05) is 69.5 Å². The zero-order valence-corrected chi connectivity index (χ0v) is 13.1. The lowest BCUT2D eigenvalue weighted by atomic mass is 9.98. The van der Waals surface area contributed by atoms with Crippen molar-refractivity contribution >= 4 is 27.5 Å². The van der Waals surface area contributed by atoms with Crippen molar-refractivity contribution in [1.29, 1.82) is 0 Å². The Morgan fingerprint density at radius 1 is 0.944 bits per heavy atom. The molecule has 94 valence electrons. The molecule has 0 spiro atoms. The molecule has 0 aliphatic rings. The van der Waals surface area contributed by atoms with Gasteiger partial charge in [0.15, 0.2) is 0 Å². The van der Waals surface area contributed by atoms with Crippen molar-refractivity contribution in [3.05, 3.63) is 69.2 Å². The van der Waals surface area contributed by atoms with E-state index in [1.165, 1.54) is 16.7 Å². The molecular weight excluding hydrogens is 308 g/mol. The van der Waals surface area contributed by atoms with Crippen molar-refractivity contribution in [2.24, 2.45) is 0 Å². The third kappa shape index (κ3) is 2.62. The minimum Gasteiger partial charge on any atom is -0.0837 e. The topological polar surface area (TPSA) is 0 Å². The summed E-state index contributed by atoms with van der Waals surface area (Å²) in [5, 5.41) is 0.847. The smallest absolute Gasteiger partial charge is 0.0661 e. The molecule has 0 fully saturated rings. The summed E-state index contributed by atoms with van der Waals surface area (Å²) in [4.78, 5) is 0.144. The zero-order chi connectivity index (χ0) is 13.3. The van der Waals surface area contributed by atoms with Gasteiger partial charge in [0, 0.05) is 5.02 Å². The molecular formula is C16H16BrCl. The summed E-state index contributed by atoms with van der Waals surface area (Å²) in [6, 6.07) is 12.7. The van der Waals surface area contributed by atoms with Gasteiger partial charge in [-0.2, -0.15) is 0 Å². The van der Waals surface area contributed by atoms with Crippen LogP contribution in [0.15, 0.2) is 36.4 Å². The Morgan fingerprint density at radius 2 is 1.67 bits per heavy atom. The van der Waals surface area contributed by atoms with Crippen LogP contribution in [0.4, 0.5) is 0 Å². The zero-order valence-electron chi connectivity index (χ0n) is 10.8. The number of alkyl halides is 1. The lowest BCUT2D eigenvalue weighted by Gasteiger charge is -2.16. The summed E-state index contributed by atoms with van der Waals surface area (Å²) in [5.74, 6) is 0. The van der Waals surface area contributed by atoms with Crippen LogP contribution in [0.2, 0.25) is 5.02 Å². The molecule has 0 amide bonds. The highest BCUT2D eigenvalue weighted by atomic mass is 79.9. The van der Waals surface area contributed by atoms with Crippen LogP contribution < -0.4 is 0 Å². The van der Waals surface area contributed by atoms with Crippen LogP contribution in [0.5, 0.6) is 0 Å². The van der Waals surface area contributed by atoms with Crippen molar-refractivity contribution < 1.29 is 0 Å². The second kappa shape index (κ2) is 5.46. The number of hydrogen-bond donors (Lipinski definition) is 0. The number of benzene rings is 2. The van der Waals surface area contributed by atoms with Crippen LogP contribution in [0.25, 0.3) is 0 Å². The number of rotatable bonds is 2. The van der Waals surface area contributed by atoms with E-state index in [2.05, 4.69) is 54.0 Å². The quantitative estimate of drug-likeness (QED) is 0.617. The van der Waals surface area contributed by atoms with Crippen molar-refractivity contribution in [2.75, 3.05) is 0 Å². The third-order valence-electron chi connectivity index (χ3n) is 3.19. The van der Waals surface area contributed by atoms with E-state index in [4.69, 9.17) is 11.6 Å². The second-order valence-electron chi connectivity index (χ2n) is 4.70. The first-order valence-corrected chi connectivity index (χ1v) is 7.26. The highest BCUT2D eigenvalue weighted by molar-refractivity contribution is 9.09. The number of halogens is 2. The highest BCUT2D eigenvalue weighted by Crippen LogP contribution is 2.37. The largest absolute Gasteiger partial charge is 0.0837 e. The Bertz CT molecular complexity index is 575. The van der Waals surface area contributed by atoms with Gasteiger partial charge >= 0.3 is 0 Å². The monoisotopic (exact) mass is 322 g/mol. The maximum absolute atomic E-state index is 6.39. The summed E-state index contributed by atoms with van der Waals surface area (Å²) in [5.41, 5.74) is 6.08.